The molecule has 0 saturated heterocycles. The lowest BCUT2D eigenvalue weighted by Gasteiger charge is -2.09. The highest BCUT2D eigenvalue weighted by atomic mass is 32.1. The van der Waals surface area contributed by atoms with Crippen molar-refractivity contribution in [1.82, 2.24) is 9.97 Å². The van der Waals surface area contributed by atoms with Crippen LogP contribution in [0.3, 0.4) is 0 Å². The van der Waals surface area contributed by atoms with Gasteiger partial charge in [0.15, 0.2) is 11.5 Å². The Labute approximate surface area is 138 Å². The minimum absolute atomic E-state index is 0.298. The van der Waals surface area contributed by atoms with Gasteiger partial charge in [-0.2, -0.15) is 0 Å². The topological polar surface area (TPSA) is 56.3 Å². The summed E-state index contributed by atoms with van der Waals surface area (Å²) in [4.78, 5) is 11.5. The molecule has 0 aliphatic carbocycles. The van der Waals surface area contributed by atoms with E-state index in [4.69, 9.17) is 9.47 Å². The summed E-state index contributed by atoms with van der Waals surface area (Å²) in [6.45, 7) is 5.15. The molecule has 1 aliphatic rings. The quantitative estimate of drug-likeness (QED) is 0.787. The highest BCUT2D eigenvalue weighted by molar-refractivity contribution is 7.18. The van der Waals surface area contributed by atoms with Gasteiger partial charge in [-0.25, -0.2) is 9.97 Å². The van der Waals surface area contributed by atoms with Crippen molar-refractivity contribution in [1.29, 1.82) is 0 Å². The fraction of sp³-hybridized carbons (Fsp3) is 0.294. The lowest BCUT2D eigenvalue weighted by Crippen LogP contribution is -2.04. The largest absolute Gasteiger partial charge is 0.454 e. The van der Waals surface area contributed by atoms with Crippen LogP contribution in [0.4, 0.5) is 5.82 Å². The van der Waals surface area contributed by atoms with Crippen molar-refractivity contribution in [2.24, 2.45) is 0 Å². The second-order valence-corrected chi connectivity index (χ2v) is 6.69. The molecule has 2 aromatic heterocycles. The van der Waals surface area contributed by atoms with Crippen LogP contribution >= 0.6 is 11.3 Å². The number of aromatic nitrogens is 2. The third-order valence-corrected chi connectivity index (χ3v) is 4.72. The van der Waals surface area contributed by atoms with Gasteiger partial charge in [0.2, 0.25) is 6.79 Å². The number of nitrogens with zero attached hydrogens (tertiary/aromatic N) is 2. The average molecular weight is 327 g/mol. The Morgan fingerprint density at radius 1 is 1.17 bits per heavy atom. The maximum atomic E-state index is 5.43. The van der Waals surface area contributed by atoms with E-state index in [1.54, 1.807) is 11.3 Å². The molecule has 0 fully saturated rings. The minimum atomic E-state index is 0.298. The molecule has 1 aliphatic heterocycles. The van der Waals surface area contributed by atoms with Gasteiger partial charge in [-0.05, 0) is 30.7 Å². The second kappa shape index (κ2) is 5.70. The van der Waals surface area contributed by atoms with Crippen LogP contribution in [0.2, 0.25) is 0 Å². The number of nitrogens with one attached hydrogen (secondary N) is 1. The third kappa shape index (κ3) is 2.70. The number of rotatable bonds is 4. The molecule has 0 amide bonds. The summed E-state index contributed by atoms with van der Waals surface area (Å²) in [6, 6.07) is 8.13. The highest BCUT2D eigenvalue weighted by Gasteiger charge is 2.14. The molecule has 3 aromatic rings. The number of ether oxygens (including phenoxy) is 2. The molecule has 0 unspecified atom stereocenters. The molecular formula is C17H17N3O2S. The highest BCUT2D eigenvalue weighted by Crippen LogP contribution is 2.33. The zero-order chi connectivity index (χ0) is 15.8. The van der Waals surface area contributed by atoms with Crippen molar-refractivity contribution in [3.05, 3.63) is 40.5 Å². The number of fused-ring (bicyclic) bond motifs is 2. The van der Waals surface area contributed by atoms with Gasteiger partial charge in [-0.3, -0.25) is 0 Å². The molecule has 6 heteroatoms. The van der Waals surface area contributed by atoms with Gasteiger partial charge in [0.25, 0.3) is 0 Å². The van der Waals surface area contributed by atoms with Gasteiger partial charge >= 0.3 is 0 Å². The van der Waals surface area contributed by atoms with Gasteiger partial charge in [-0.1, -0.05) is 13.0 Å². The molecule has 0 radical (unpaired) electrons. The molecule has 0 saturated carbocycles. The van der Waals surface area contributed by atoms with Crippen LogP contribution in [0.25, 0.3) is 10.2 Å². The van der Waals surface area contributed by atoms with Crippen LogP contribution < -0.4 is 14.8 Å². The Bertz CT molecular complexity index is 876. The molecule has 0 spiro atoms. The summed E-state index contributed by atoms with van der Waals surface area (Å²) >= 11 is 1.71. The van der Waals surface area contributed by atoms with Crippen molar-refractivity contribution in [3.8, 4) is 11.5 Å². The Morgan fingerprint density at radius 2 is 2.04 bits per heavy atom. The predicted octanol–water partition coefficient (Wildman–Crippen LogP) is 3.90. The fourth-order valence-corrected chi connectivity index (χ4v) is 3.51. The van der Waals surface area contributed by atoms with E-state index >= 15 is 0 Å². The van der Waals surface area contributed by atoms with Crippen LogP contribution in [0, 0.1) is 6.92 Å². The van der Waals surface area contributed by atoms with Gasteiger partial charge in [0.1, 0.15) is 16.5 Å². The first-order valence-electron chi connectivity index (χ1n) is 7.62. The molecule has 0 bridgehead atoms. The van der Waals surface area contributed by atoms with Crippen LogP contribution in [-0.2, 0) is 13.0 Å². The van der Waals surface area contributed by atoms with Crippen molar-refractivity contribution >= 4 is 27.4 Å². The number of anilines is 1. The summed E-state index contributed by atoms with van der Waals surface area (Å²) < 4.78 is 10.8. The van der Waals surface area contributed by atoms with Gasteiger partial charge in [0.05, 0.1) is 5.39 Å². The van der Waals surface area contributed by atoms with Crippen LogP contribution in [0.1, 0.15) is 23.2 Å². The van der Waals surface area contributed by atoms with E-state index in [1.165, 1.54) is 4.88 Å². The van der Waals surface area contributed by atoms with Crippen LogP contribution in [0.5, 0.6) is 11.5 Å². The SMILES string of the molecule is CCc1nc(NCc2ccc3c(c2)OCO3)c2cc(C)sc2n1. The smallest absolute Gasteiger partial charge is 0.231 e. The van der Waals surface area contributed by atoms with Crippen molar-refractivity contribution in [2.75, 3.05) is 12.1 Å². The molecule has 5 nitrogen and oxygen atoms in total. The molecule has 0 atom stereocenters. The Balaban J connectivity index is 1.62. The molecule has 1 aromatic carbocycles. The summed E-state index contributed by atoms with van der Waals surface area (Å²) in [7, 11) is 0. The van der Waals surface area contributed by atoms with E-state index in [9.17, 15) is 0 Å². The summed E-state index contributed by atoms with van der Waals surface area (Å²) in [5.74, 6) is 3.37. The van der Waals surface area contributed by atoms with Crippen molar-refractivity contribution in [3.63, 3.8) is 0 Å². The third-order valence-electron chi connectivity index (χ3n) is 3.78. The summed E-state index contributed by atoms with van der Waals surface area (Å²) in [5.41, 5.74) is 1.13. The average Bonchev–Trinajstić information content (AvgIpc) is 3.16. The van der Waals surface area contributed by atoms with E-state index in [1.807, 2.05) is 18.2 Å². The Hall–Kier alpha value is -2.34. The number of benzene rings is 1. The fourth-order valence-electron chi connectivity index (χ4n) is 2.62. The lowest BCUT2D eigenvalue weighted by atomic mass is 10.2. The first-order valence-corrected chi connectivity index (χ1v) is 8.44. The number of thiophene rings is 1. The van der Waals surface area contributed by atoms with Crippen molar-refractivity contribution in [2.45, 2.75) is 26.8 Å². The number of hydrogen-bond acceptors (Lipinski definition) is 6. The number of aryl methyl sites for hydroxylation is 2. The minimum Gasteiger partial charge on any atom is -0.454 e. The van der Waals surface area contributed by atoms with Crippen LogP contribution in [-0.4, -0.2) is 16.8 Å². The monoisotopic (exact) mass is 327 g/mol. The zero-order valence-electron chi connectivity index (χ0n) is 13.0. The molecule has 1 N–H and O–H groups in total. The van der Waals surface area contributed by atoms with Gasteiger partial charge < -0.3 is 14.8 Å². The van der Waals surface area contributed by atoms with Gasteiger partial charge in [0, 0.05) is 17.8 Å². The Kier molecular flexibility index (Phi) is 3.53. The van der Waals surface area contributed by atoms with Gasteiger partial charge in [-0.15, -0.1) is 11.3 Å². The predicted molar refractivity (Wildman–Crippen MR) is 91.4 cm³/mol. The lowest BCUT2D eigenvalue weighted by molar-refractivity contribution is 0.174. The maximum Gasteiger partial charge on any atom is 0.231 e. The maximum absolute atomic E-state index is 5.43. The molecule has 4 rings (SSSR count). The zero-order valence-corrected chi connectivity index (χ0v) is 13.9. The number of hydrogen-bond donors (Lipinski definition) is 1. The Morgan fingerprint density at radius 3 is 2.91 bits per heavy atom. The molecule has 118 valence electrons. The summed E-state index contributed by atoms with van der Waals surface area (Å²) in [5, 5.41) is 4.53. The van der Waals surface area contributed by atoms with E-state index in [0.29, 0.717) is 13.3 Å². The van der Waals surface area contributed by atoms with Crippen molar-refractivity contribution < 1.29 is 9.47 Å². The molecule has 23 heavy (non-hydrogen) atoms. The van der Waals surface area contributed by atoms with E-state index in [-0.39, 0.29) is 0 Å². The van der Waals surface area contributed by atoms with E-state index in [0.717, 1.165) is 45.3 Å². The summed E-state index contributed by atoms with van der Waals surface area (Å²) in [6.07, 6.45) is 0.825. The second-order valence-electron chi connectivity index (χ2n) is 5.46. The first kappa shape index (κ1) is 14.3. The van der Waals surface area contributed by atoms with E-state index < -0.39 is 0 Å². The normalized spacial score (nSPS) is 12.8. The van der Waals surface area contributed by atoms with Crippen LogP contribution in [0.15, 0.2) is 24.3 Å². The standard InChI is InChI=1S/C17H17N3O2S/c1-3-15-19-16(12-6-10(2)23-17(12)20-15)18-8-11-4-5-13-14(7-11)22-9-21-13/h4-7H,3,8-9H2,1-2H3,(H,18,19,20). The molecule has 3 heterocycles. The first-order chi connectivity index (χ1) is 11.2. The molecular weight excluding hydrogens is 310 g/mol. The van der Waals surface area contributed by atoms with E-state index in [2.05, 4.69) is 35.2 Å².